The fraction of sp³-hybridized carbons (Fsp3) is 0.385. The zero-order chi connectivity index (χ0) is 14.3. The fourth-order valence-electron chi connectivity index (χ4n) is 1.42. The van der Waals surface area contributed by atoms with Crippen LogP contribution in [-0.4, -0.2) is 34.5 Å². The van der Waals surface area contributed by atoms with Crippen LogP contribution in [0.1, 0.15) is 12.5 Å². The maximum absolute atomic E-state index is 11.6. The van der Waals surface area contributed by atoms with Crippen molar-refractivity contribution in [1.82, 2.24) is 0 Å². The molecule has 6 heteroatoms. The number of thioether (sulfide) groups is 1. The fourth-order valence-corrected chi connectivity index (χ4v) is 2.19. The van der Waals surface area contributed by atoms with Crippen LogP contribution in [0.15, 0.2) is 24.3 Å². The number of hydrogen-bond donors (Lipinski definition) is 3. The lowest BCUT2D eigenvalue weighted by molar-refractivity contribution is -0.137. The number of carbonyl (C=O) groups is 2. The van der Waals surface area contributed by atoms with Gasteiger partial charge in [-0.1, -0.05) is 19.1 Å². The molecule has 0 heterocycles. The summed E-state index contributed by atoms with van der Waals surface area (Å²) in [5, 5.41) is 11.4. The van der Waals surface area contributed by atoms with Gasteiger partial charge in [0.05, 0.1) is 5.75 Å². The van der Waals surface area contributed by atoms with Crippen molar-refractivity contribution in [2.75, 3.05) is 16.8 Å². The van der Waals surface area contributed by atoms with Gasteiger partial charge in [0.15, 0.2) is 0 Å². The molecule has 19 heavy (non-hydrogen) atoms. The van der Waals surface area contributed by atoms with E-state index in [1.165, 1.54) is 11.8 Å². The van der Waals surface area contributed by atoms with Gasteiger partial charge in [0.25, 0.3) is 0 Å². The average Bonchev–Trinajstić information content (AvgIpc) is 2.38. The van der Waals surface area contributed by atoms with Crippen molar-refractivity contribution in [3.63, 3.8) is 0 Å². The normalized spacial score (nSPS) is 11.9. The average molecular weight is 282 g/mol. The summed E-state index contributed by atoms with van der Waals surface area (Å²) in [6, 6.07) is 6.70. The molecule has 0 aromatic heterocycles. The summed E-state index contributed by atoms with van der Waals surface area (Å²) in [6.45, 7) is 2.05. The Morgan fingerprint density at radius 1 is 1.47 bits per heavy atom. The number of aliphatic carboxylic acids is 1. The molecular weight excluding hydrogens is 264 g/mol. The van der Waals surface area contributed by atoms with Crippen LogP contribution >= 0.6 is 11.8 Å². The molecule has 0 aliphatic carbocycles. The predicted octanol–water partition coefficient (Wildman–Crippen LogP) is 1.33. The van der Waals surface area contributed by atoms with Crippen molar-refractivity contribution in [1.29, 1.82) is 0 Å². The smallest absolute Gasteiger partial charge is 0.321 e. The Morgan fingerprint density at radius 3 is 2.84 bits per heavy atom. The van der Waals surface area contributed by atoms with Crippen molar-refractivity contribution in [3.05, 3.63) is 29.8 Å². The maximum Gasteiger partial charge on any atom is 0.321 e. The van der Waals surface area contributed by atoms with Gasteiger partial charge in [-0.3, -0.25) is 9.59 Å². The number of amides is 1. The number of nitrogens with one attached hydrogen (secondary N) is 1. The van der Waals surface area contributed by atoms with Gasteiger partial charge in [-0.2, -0.15) is 0 Å². The van der Waals surface area contributed by atoms with E-state index >= 15 is 0 Å². The second-order valence-corrected chi connectivity index (χ2v) is 5.09. The summed E-state index contributed by atoms with van der Waals surface area (Å²) >= 11 is 1.21. The molecule has 0 bridgehead atoms. The third kappa shape index (κ3) is 5.76. The maximum atomic E-state index is 11.6. The molecule has 5 nitrogen and oxygen atoms in total. The summed E-state index contributed by atoms with van der Waals surface area (Å²) < 4.78 is 0. The highest BCUT2D eigenvalue weighted by molar-refractivity contribution is 8.00. The Bertz CT molecular complexity index is 451. The van der Waals surface area contributed by atoms with E-state index in [9.17, 15) is 9.59 Å². The minimum absolute atomic E-state index is 0.157. The van der Waals surface area contributed by atoms with E-state index in [-0.39, 0.29) is 17.4 Å². The number of aryl methyl sites for hydroxylation is 1. The molecule has 0 spiro atoms. The standard InChI is InChI=1S/C13H18N2O3S/c1-2-9-4-3-5-10(6-9)15-12(16)8-19-7-11(14)13(17)18/h3-6,11H,2,7-8,14H2,1H3,(H,15,16)(H,17,18)/t11-/m1/s1. The summed E-state index contributed by atoms with van der Waals surface area (Å²) in [4.78, 5) is 22.1. The Labute approximate surface area is 116 Å². The van der Waals surface area contributed by atoms with Crippen LogP contribution in [0.4, 0.5) is 5.69 Å². The number of anilines is 1. The minimum atomic E-state index is -1.05. The van der Waals surface area contributed by atoms with Crippen LogP contribution in [0.3, 0.4) is 0 Å². The SMILES string of the molecule is CCc1cccc(NC(=O)CSC[C@@H](N)C(=O)O)c1. The Hall–Kier alpha value is -1.53. The molecule has 0 aliphatic rings. The van der Waals surface area contributed by atoms with E-state index in [2.05, 4.69) is 5.32 Å². The predicted molar refractivity (Wildman–Crippen MR) is 77.4 cm³/mol. The van der Waals surface area contributed by atoms with Crippen molar-refractivity contribution >= 4 is 29.3 Å². The van der Waals surface area contributed by atoms with Gasteiger partial charge in [-0.25, -0.2) is 0 Å². The molecular formula is C13H18N2O3S. The number of carbonyl (C=O) groups excluding carboxylic acids is 1. The van der Waals surface area contributed by atoms with Gasteiger partial charge >= 0.3 is 5.97 Å². The van der Waals surface area contributed by atoms with Crippen molar-refractivity contribution in [3.8, 4) is 0 Å². The third-order valence-electron chi connectivity index (χ3n) is 2.47. The molecule has 0 saturated carbocycles. The van der Waals surface area contributed by atoms with E-state index < -0.39 is 12.0 Å². The first-order valence-electron chi connectivity index (χ1n) is 5.98. The quantitative estimate of drug-likeness (QED) is 0.701. The Balaban J connectivity index is 2.36. The second-order valence-electron chi connectivity index (χ2n) is 4.06. The minimum Gasteiger partial charge on any atom is -0.480 e. The van der Waals surface area contributed by atoms with E-state index in [4.69, 9.17) is 10.8 Å². The molecule has 1 aromatic rings. The molecule has 1 rings (SSSR count). The van der Waals surface area contributed by atoms with Gasteiger partial charge in [-0.15, -0.1) is 11.8 Å². The molecule has 1 amide bonds. The number of hydrogen-bond acceptors (Lipinski definition) is 4. The first kappa shape index (κ1) is 15.5. The molecule has 4 N–H and O–H groups in total. The van der Waals surface area contributed by atoms with Gasteiger partial charge in [0, 0.05) is 11.4 Å². The number of carboxylic acids is 1. The summed E-state index contributed by atoms with van der Waals surface area (Å²) in [6.07, 6.45) is 0.909. The van der Waals surface area contributed by atoms with Crippen LogP contribution in [0.5, 0.6) is 0 Å². The van der Waals surface area contributed by atoms with Crippen LogP contribution in [-0.2, 0) is 16.0 Å². The van der Waals surface area contributed by atoms with E-state index in [0.717, 1.165) is 17.7 Å². The van der Waals surface area contributed by atoms with Crippen molar-refractivity contribution in [2.24, 2.45) is 5.73 Å². The van der Waals surface area contributed by atoms with E-state index in [1.807, 2.05) is 31.2 Å². The lowest BCUT2D eigenvalue weighted by Crippen LogP contribution is -2.33. The summed E-state index contributed by atoms with van der Waals surface area (Å²) in [5.41, 5.74) is 7.25. The van der Waals surface area contributed by atoms with Crippen LogP contribution < -0.4 is 11.1 Å². The summed E-state index contributed by atoms with van der Waals surface area (Å²) in [7, 11) is 0. The van der Waals surface area contributed by atoms with Crippen LogP contribution in [0.2, 0.25) is 0 Å². The monoisotopic (exact) mass is 282 g/mol. The van der Waals surface area contributed by atoms with E-state index in [0.29, 0.717) is 0 Å². The molecule has 0 unspecified atom stereocenters. The topological polar surface area (TPSA) is 92.4 Å². The number of rotatable bonds is 7. The number of carboxylic acid groups (broad SMARTS) is 1. The highest BCUT2D eigenvalue weighted by Gasteiger charge is 2.12. The van der Waals surface area contributed by atoms with Gasteiger partial charge < -0.3 is 16.2 Å². The first-order chi connectivity index (χ1) is 9.02. The zero-order valence-electron chi connectivity index (χ0n) is 10.8. The van der Waals surface area contributed by atoms with Crippen molar-refractivity contribution < 1.29 is 14.7 Å². The molecule has 1 aromatic carbocycles. The number of nitrogens with two attached hydrogens (primary N) is 1. The lowest BCUT2D eigenvalue weighted by Gasteiger charge is -2.08. The first-order valence-corrected chi connectivity index (χ1v) is 7.13. The number of benzene rings is 1. The second kappa shape index (κ2) is 7.81. The lowest BCUT2D eigenvalue weighted by atomic mass is 10.1. The molecule has 104 valence electrons. The Morgan fingerprint density at radius 2 is 2.21 bits per heavy atom. The zero-order valence-corrected chi connectivity index (χ0v) is 11.6. The van der Waals surface area contributed by atoms with Gasteiger partial charge in [0.1, 0.15) is 6.04 Å². The highest BCUT2D eigenvalue weighted by atomic mass is 32.2. The molecule has 0 fully saturated rings. The van der Waals surface area contributed by atoms with Gasteiger partial charge in [0.2, 0.25) is 5.91 Å². The summed E-state index contributed by atoms with van der Waals surface area (Å²) in [5.74, 6) is -0.797. The third-order valence-corrected chi connectivity index (χ3v) is 3.53. The van der Waals surface area contributed by atoms with Crippen LogP contribution in [0.25, 0.3) is 0 Å². The van der Waals surface area contributed by atoms with Crippen molar-refractivity contribution in [2.45, 2.75) is 19.4 Å². The molecule has 1 atom stereocenters. The molecule has 0 saturated heterocycles. The molecule has 0 radical (unpaired) electrons. The van der Waals surface area contributed by atoms with E-state index in [1.54, 1.807) is 0 Å². The highest BCUT2D eigenvalue weighted by Crippen LogP contribution is 2.12. The van der Waals surface area contributed by atoms with Crippen LogP contribution in [0, 0.1) is 0 Å². The Kier molecular flexibility index (Phi) is 6.38. The van der Waals surface area contributed by atoms with Gasteiger partial charge in [-0.05, 0) is 24.1 Å². The molecule has 0 aliphatic heterocycles. The largest absolute Gasteiger partial charge is 0.480 e.